The first-order chi connectivity index (χ1) is 9.83. The zero-order valence-electron chi connectivity index (χ0n) is 11.5. The number of fused-ring (bicyclic) bond motifs is 2. The number of aromatic nitrogens is 1. The number of hydrogen-bond acceptors (Lipinski definition) is 2. The second-order valence-electron chi connectivity index (χ2n) is 5.83. The summed E-state index contributed by atoms with van der Waals surface area (Å²) in [5, 5.41) is 1.03. The first kappa shape index (κ1) is 12.0. The van der Waals surface area contributed by atoms with Crippen molar-refractivity contribution in [3.63, 3.8) is 0 Å². The highest BCUT2D eigenvalue weighted by atomic mass is 16.2. The molecule has 1 aromatic heterocycles. The number of piperazine rings is 1. The number of nitrogens with one attached hydrogen (secondary N) is 1. The molecule has 2 aromatic rings. The van der Waals surface area contributed by atoms with Gasteiger partial charge in [0.25, 0.3) is 5.91 Å². The van der Waals surface area contributed by atoms with Crippen LogP contribution in [0.3, 0.4) is 0 Å². The molecule has 1 amide bonds. The Labute approximate surface area is 118 Å². The molecule has 1 aromatic carbocycles. The van der Waals surface area contributed by atoms with Crippen LogP contribution >= 0.6 is 0 Å². The largest absolute Gasteiger partial charge is 0.360 e. The first-order valence-electron chi connectivity index (χ1n) is 7.42. The molecule has 0 spiro atoms. The highest BCUT2D eigenvalue weighted by molar-refractivity contribution is 6.06. The maximum Gasteiger partial charge on any atom is 0.256 e. The Kier molecular flexibility index (Phi) is 2.77. The molecule has 1 N–H and O–H groups in total. The quantitative estimate of drug-likeness (QED) is 0.861. The Morgan fingerprint density at radius 1 is 1.20 bits per heavy atom. The van der Waals surface area contributed by atoms with Crippen LogP contribution in [-0.2, 0) is 0 Å². The maximum atomic E-state index is 12.8. The molecule has 4 heteroatoms. The van der Waals surface area contributed by atoms with Crippen LogP contribution in [0.25, 0.3) is 10.9 Å². The summed E-state index contributed by atoms with van der Waals surface area (Å²) in [7, 11) is 0. The fourth-order valence-electron chi connectivity index (χ4n) is 3.59. The Hall–Kier alpha value is -1.81. The molecular weight excluding hydrogens is 250 g/mol. The summed E-state index contributed by atoms with van der Waals surface area (Å²) in [4.78, 5) is 20.5. The molecule has 104 valence electrons. The highest BCUT2D eigenvalue weighted by Crippen LogP contribution is 2.24. The average Bonchev–Trinajstić information content (AvgIpc) is 3.12. The van der Waals surface area contributed by atoms with E-state index in [0.717, 1.165) is 36.1 Å². The van der Waals surface area contributed by atoms with E-state index in [1.165, 1.54) is 19.4 Å². The van der Waals surface area contributed by atoms with Gasteiger partial charge >= 0.3 is 0 Å². The highest BCUT2D eigenvalue weighted by Gasteiger charge is 2.33. The van der Waals surface area contributed by atoms with Crippen LogP contribution in [0, 0.1) is 0 Å². The smallest absolute Gasteiger partial charge is 0.256 e. The topological polar surface area (TPSA) is 39.3 Å². The first-order valence-corrected chi connectivity index (χ1v) is 7.42. The molecule has 2 aliphatic rings. The van der Waals surface area contributed by atoms with Gasteiger partial charge in [0, 0.05) is 42.8 Å². The second kappa shape index (κ2) is 4.63. The van der Waals surface area contributed by atoms with E-state index in [0.29, 0.717) is 6.04 Å². The van der Waals surface area contributed by atoms with Crippen molar-refractivity contribution < 1.29 is 4.79 Å². The minimum Gasteiger partial charge on any atom is -0.360 e. The van der Waals surface area contributed by atoms with E-state index in [4.69, 9.17) is 0 Å². The maximum absolute atomic E-state index is 12.8. The molecule has 0 saturated carbocycles. The molecule has 0 aliphatic carbocycles. The third-order valence-electron chi connectivity index (χ3n) is 4.69. The SMILES string of the molecule is O=C(c1c[nH]c2ccccc12)N1CCN2CCCC2C1. The van der Waals surface area contributed by atoms with Crippen molar-refractivity contribution in [3.05, 3.63) is 36.0 Å². The van der Waals surface area contributed by atoms with Crippen molar-refractivity contribution in [1.29, 1.82) is 0 Å². The molecule has 2 fully saturated rings. The molecule has 4 nitrogen and oxygen atoms in total. The van der Waals surface area contributed by atoms with Gasteiger partial charge in [-0.1, -0.05) is 18.2 Å². The molecule has 20 heavy (non-hydrogen) atoms. The van der Waals surface area contributed by atoms with Gasteiger partial charge in [-0.15, -0.1) is 0 Å². The fourth-order valence-corrected chi connectivity index (χ4v) is 3.59. The number of hydrogen-bond donors (Lipinski definition) is 1. The number of amides is 1. The zero-order chi connectivity index (χ0) is 13.5. The van der Waals surface area contributed by atoms with Crippen LogP contribution < -0.4 is 0 Å². The predicted molar refractivity (Wildman–Crippen MR) is 78.8 cm³/mol. The van der Waals surface area contributed by atoms with Crippen molar-refractivity contribution in [2.75, 3.05) is 26.2 Å². The van der Waals surface area contributed by atoms with Gasteiger partial charge in [-0.25, -0.2) is 0 Å². The van der Waals surface area contributed by atoms with Crippen molar-refractivity contribution in [2.45, 2.75) is 18.9 Å². The summed E-state index contributed by atoms with van der Waals surface area (Å²) < 4.78 is 0. The third-order valence-corrected chi connectivity index (χ3v) is 4.69. The van der Waals surface area contributed by atoms with Gasteiger partial charge in [0.05, 0.1) is 5.56 Å². The number of benzene rings is 1. The number of para-hydroxylation sites is 1. The van der Waals surface area contributed by atoms with Gasteiger partial charge in [-0.3, -0.25) is 9.69 Å². The number of H-pyrrole nitrogens is 1. The van der Waals surface area contributed by atoms with Crippen molar-refractivity contribution in [1.82, 2.24) is 14.8 Å². The number of aromatic amines is 1. The lowest BCUT2D eigenvalue weighted by atomic mass is 10.1. The standard InChI is InChI=1S/C16H19N3O/c20-16(14-10-17-15-6-2-1-5-13(14)15)19-9-8-18-7-3-4-12(18)11-19/h1-2,5-6,10,12,17H,3-4,7-9,11H2. The van der Waals surface area contributed by atoms with Gasteiger partial charge in [-0.2, -0.15) is 0 Å². The Morgan fingerprint density at radius 3 is 3.05 bits per heavy atom. The van der Waals surface area contributed by atoms with E-state index in [-0.39, 0.29) is 5.91 Å². The number of rotatable bonds is 1. The number of nitrogens with zero attached hydrogens (tertiary/aromatic N) is 2. The van der Waals surface area contributed by atoms with Gasteiger partial charge < -0.3 is 9.88 Å². The zero-order valence-corrected chi connectivity index (χ0v) is 11.5. The van der Waals surface area contributed by atoms with E-state index < -0.39 is 0 Å². The molecule has 2 saturated heterocycles. The molecule has 0 radical (unpaired) electrons. The van der Waals surface area contributed by atoms with E-state index in [9.17, 15) is 4.79 Å². The number of carbonyl (C=O) groups is 1. The minimum atomic E-state index is 0.175. The molecule has 1 unspecified atom stereocenters. The van der Waals surface area contributed by atoms with Crippen LogP contribution in [0.4, 0.5) is 0 Å². The molecule has 3 heterocycles. The minimum absolute atomic E-state index is 0.175. The van der Waals surface area contributed by atoms with Crippen LogP contribution in [0.1, 0.15) is 23.2 Å². The second-order valence-corrected chi connectivity index (χ2v) is 5.83. The summed E-state index contributed by atoms with van der Waals surface area (Å²) >= 11 is 0. The molecule has 2 aliphatic heterocycles. The van der Waals surface area contributed by atoms with Crippen molar-refractivity contribution >= 4 is 16.8 Å². The summed E-state index contributed by atoms with van der Waals surface area (Å²) in [6.07, 6.45) is 4.37. The summed E-state index contributed by atoms with van der Waals surface area (Å²) in [5.74, 6) is 0.175. The molecule has 0 bridgehead atoms. The van der Waals surface area contributed by atoms with Crippen molar-refractivity contribution in [2.24, 2.45) is 0 Å². The molecule has 4 rings (SSSR count). The Morgan fingerprint density at radius 2 is 2.10 bits per heavy atom. The lowest BCUT2D eigenvalue weighted by Crippen LogP contribution is -2.52. The van der Waals surface area contributed by atoms with Crippen LogP contribution in [0.5, 0.6) is 0 Å². The number of carbonyl (C=O) groups excluding carboxylic acids is 1. The van der Waals surface area contributed by atoms with Crippen LogP contribution in [0.15, 0.2) is 30.5 Å². The van der Waals surface area contributed by atoms with Gasteiger partial charge in [0.15, 0.2) is 0 Å². The predicted octanol–water partition coefficient (Wildman–Crippen LogP) is 2.09. The van der Waals surface area contributed by atoms with E-state index in [1.54, 1.807) is 0 Å². The summed E-state index contributed by atoms with van der Waals surface area (Å²) in [6.45, 7) is 3.98. The monoisotopic (exact) mass is 269 g/mol. The average molecular weight is 269 g/mol. The third kappa shape index (κ3) is 1.83. The van der Waals surface area contributed by atoms with E-state index >= 15 is 0 Å². The normalized spacial score (nSPS) is 23.2. The van der Waals surface area contributed by atoms with E-state index in [1.807, 2.05) is 35.4 Å². The Balaban J connectivity index is 1.61. The van der Waals surface area contributed by atoms with Gasteiger partial charge in [0.2, 0.25) is 0 Å². The lowest BCUT2D eigenvalue weighted by Gasteiger charge is -2.37. The summed E-state index contributed by atoms with van der Waals surface area (Å²) in [6, 6.07) is 8.59. The van der Waals surface area contributed by atoms with E-state index in [2.05, 4.69) is 9.88 Å². The molecular formula is C16H19N3O. The summed E-state index contributed by atoms with van der Waals surface area (Å²) in [5.41, 5.74) is 1.85. The van der Waals surface area contributed by atoms with Crippen molar-refractivity contribution in [3.8, 4) is 0 Å². The van der Waals surface area contributed by atoms with Gasteiger partial charge in [0.1, 0.15) is 0 Å². The lowest BCUT2D eigenvalue weighted by molar-refractivity contribution is 0.0573. The van der Waals surface area contributed by atoms with Crippen LogP contribution in [0.2, 0.25) is 0 Å². The molecule has 1 atom stereocenters. The van der Waals surface area contributed by atoms with Crippen LogP contribution in [-0.4, -0.2) is 52.9 Å². The van der Waals surface area contributed by atoms with Gasteiger partial charge in [-0.05, 0) is 25.5 Å². The fraction of sp³-hybridized carbons (Fsp3) is 0.438. The Bertz CT molecular complexity index is 648.